The average Bonchev–Trinajstić information content (AvgIpc) is 1.61. The first-order valence-electron chi connectivity index (χ1n) is 2.35. The van der Waals surface area contributed by atoms with Gasteiger partial charge in [0, 0.05) is 0 Å². The topological polar surface area (TPSA) is 0 Å². The molecule has 0 radical (unpaired) electrons. The SMILES string of the molecule is CCCC[PH2]=[Te]. The molecule has 2 heteroatoms. The molecule has 0 rings (SSSR count). The number of hydrogen-bond acceptors (Lipinski definition) is 0. The van der Waals surface area contributed by atoms with Crippen LogP contribution in [0.25, 0.3) is 0 Å². The molecule has 0 aromatic rings. The summed E-state index contributed by atoms with van der Waals surface area (Å²) in [4.78, 5) is 0. The summed E-state index contributed by atoms with van der Waals surface area (Å²) < 4.78 is 0. The molecule has 0 aliphatic heterocycles. The fraction of sp³-hybridized carbons (Fsp3) is 1.00. The molecule has 0 amide bonds. The second-order valence-electron chi connectivity index (χ2n) is 1.31. The molecule has 0 saturated heterocycles. The van der Waals surface area contributed by atoms with Crippen LogP contribution < -0.4 is 0 Å². The summed E-state index contributed by atoms with van der Waals surface area (Å²) >= 11 is 2.26. The Morgan fingerprint density at radius 1 is 1.67 bits per heavy atom. The van der Waals surface area contributed by atoms with Crippen molar-refractivity contribution in [3.05, 3.63) is 0 Å². The van der Waals surface area contributed by atoms with Gasteiger partial charge in [-0.2, -0.15) is 0 Å². The van der Waals surface area contributed by atoms with Gasteiger partial charge in [-0.3, -0.25) is 0 Å². The average molecular weight is 218 g/mol. The number of hydrogen-bond donors (Lipinski definition) is 0. The fourth-order valence-corrected chi connectivity index (χ4v) is 2.29. The van der Waals surface area contributed by atoms with Gasteiger partial charge in [0.2, 0.25) is 0 Å². The van der Waals surface area contributed by atoms with E-state index in [2.05, 4.69) is 28.2 Å². The third-order valence-corrected chi connectivity index (χ3v) is 3.34. The van der Waals surface area contributed by atoms with Crippen LogP contribution in [-0.4, -0.2) is 27.4 Å². The van der Waals surface area contributed by atoms with Gasteiger partial charge >= 0.3 is 53.0 Å². The van der Waals surface area contributed by atoms with E-state index in [-0.39, 0.29) is 0 Å². The molecule has 0 fully saturated rings. The third kappa shape index (κ3) is 5.22. The van der Waals surface area contributed by atoms with E-state index in [0.29, 0.717) is 0 Å². The molecule has 6 heavy (non-hydrogen) atoms. The molecule has 0 aromatic carbocycles. The van der Waals surface area contributed by atoms with Crippen molar-refractivity contribution in [3.63, 3.8) is 0 Å². The van der Waals surface area contributed by atoms with E-state index >= 15 is 0 Å². The van der Waals surface area contributed by atoms with Crippen LogP contribution in [0.4, 0.5) is 0 Å². The van der Waals surface area contributed by atoms with Gasteiger partial charge in [0.25, 0.3) is 0 Å². The summed E-state index contributed by atoms with van der Waals surface area (Å²) in [6, 6.07) is 0. The van der Waals surface area contributed by atoms with Gasteiger partial charge in [0.05, 0.1) is 0 Å². The molecular weight excluding hydrogens is 207 g/mol. The van der Waals surface area contributed by atoms with Gasteiger partial charge in [-0.05, 0) is 0 Å². The monoisotopic (exact) mass is 220 g/mol. The van der Waals surface area contributed by atoms with E-state index in [1.165, 1.54) is 19.0 Å². The van der Waals surface area contributed by atoms with Crippen LogP contribution in [0.15, 0.2) is 0 Å². The Morgan fingerprint density at radius 2 is 2.33 bits per heavy atom. The number of rotatable bonds is 3. The Kier molecular flexibility index (Phi) is 7.48. The second-order valence-corrected chi connectivity index (χ2v) is 5.07. The maximum absolute atomic E-state index is 2.26. The van der Waals surface area contributed by atoms with Gasteiger partial charge in [0.15, 0.2) is 0 Å². The first-order valence-corrected chi connectivity index (χ1v) is 7.68. The van der Waals surface area contributed by atoms with E-state index < -0.39 is 0 Å². The molecule has 0 heterocycles. The van der Waals surface area contributed by atoms with Crippen molar-refractivity contribution in [1.29, 1.82) is 0 Å². The second kappa shape index (κ2) is 6.22. The van der Waals surface area contributed by atoms with Crippen molar-refractivity contribution in [2.45, 2.75) is 19.8 Å². The van der Waals surface area contributed by atoms with Crippen molar-refractivity contribution in [1.82, 2.24) is 0 Å². The standard InChI is InChI=1S/C4H11PTe/c1-2-3-4-5-6/h2-5H2,1H3. The first kappa shape index (κ1) is 7.22. The van der Waals surface area contributed by atoms with Gasteiger partial charge < -0.3 is 0 Å². The normalized spacial score (nSPS) is 10.8. The maximum atomic E-state index is 2.26. The Labute approximate surface area is 53.1 Å². The molecule has 0 aromatic heterocycles. The minimum atomic E-state index is 0.794. The summed E-state index contributed by atoms with van der Waals surface area (Å²) in [5.74, 6) is 0.794. The zero-order valence-corrected chi connectivity index (χ0v) is 7.59. The zero-order valence-electron chi connectivity index (χ0n) is 4.11. The Morgan fingerprint density at radius 3 is 2.50 bits per heavy atom. The summed E-state index contributed by atoms with van der Waals surface area (Å²) in [7, 11) is 0. The Bertz CT molecular complexity index is 36.5. The predicted molar refractivity (Wildman–Crippen MR) is 35.2 cm³/mol. The first-order chi connectivity index (χ1) is 2.91. The quantitative estimate of drug-likeness (QED) is 0.380. The summed E-state index contributed by atoms with van der Waals surface area (Å²) in [6.07, 6.45) is 4.33. The van der Waals surface area contributed by atoms with Crippen LogP contribution in [0.1, 0.15) is 19.8 Å². The van der Waals surface area contributed by atoms with E-state index in [0.717, 1.165) is 5.81 Å². The molecule has 1 unspecified atom stereocenters. The minimum absolute atomic E-state index is 0.794. The molecule has 0 bridgehead atoms. The predicted octanol–water partition coefficient (Wildman–Crippen LogP) is 1.28. The summed E-state index contributed by atoms with van der Waals surface area (Å²) in [6.45, 7) is 2.25. The molecule has 0 saturated carbocycles. The molecular formula is C4H11PTe. The van der Waals surface area contributed by atoms with Crippen LogP contribution in [0, 0.1) is 0 Å². The van der Waals surface area contributed by atoms with Crippen molar-refractivity contribution >= 4 is 27.0 Å². The Hall–Kier alpha value is 1.22. The Balaban J connectivity index is 2.49. The van der Waals surface area contributed by atoms with Gasteiger partial charge in [-0.25, -0.2) is 0 Å². The van der Waals surface area contributed by atoms with Gasteiger partial charge in [-0.15, -0.1) is 0 Å². The van der Waals surface area contributed by atoms with Crippen LogP contribution >= 0.6 is 5.81 Å². The van der Waals surface area contributed by atoms with Crippen LogP contribution in [-0.2, 0) is 0 Å². The van der Waals surface area contributed by atoms with Crippen LogP contribution in [0.5, 0.6) is 0 Å². The van der Waals surface area contributed by atoms with E-state index in [1.54, 1.807) is 0 Å². The molecule has 1 atom stereocenters. The summed E-state index contributed by atoms with van der Waals surface area (Å²) in [5.41, 5.74) is 0. The zero-order chi connectivity index (χ0) is 4.83. The molecule has 0 spiro atoms. The van der Waals surface area contributed by atoms with E-state index in [1.807, 2.05) is 0 Å². The van der Waals surface area contributed by atoms with Crippen molar-refractivity contribution in [2.24, 2.45) is 0 Å². The molecule has 0 N–H and O–H groups in total. The van der Waals surface area contributed by atoms with Crippen molar-refractivity contribution in [3.8, 4) is 0 Å². The molecule has 0 aliphatic carbocycles. The van der Waals surface area contributed by atoms with Crippen LogP contribution in [0.2, 0.25) is 0 Å². The number of unbranched alkanes of at least 4 members (excludes halogenated alkanes) is 1. The fourth-order valence-electron chi connectivity index (χ4n) is 0.287. The van der Waals surface area contributed by atoms with Crippen molar-refractivity contribution in [2.75, 3.05) is 6.16 Å². The summed E-state index contributed by atoms with van der Waals surface area (Å²) in [5, 5.41) is 0. The van der Waals surface area contributed by atoms with Crippen molar-refractivity contribution < 1.29 is 0 Å². The molecule has 0 aliphatic rings. The molecule has 0 nitrogen and oxygen atoms in total. The van der Waals surface area contributed by atoms with Gasteiger partial charge in [-0.1, -0.05) is 0 Å². The van der Waals surface area contributed by atoms with Gasteiger partial charge in [0.1, 0.15) is 0 Å². The van der Waals surface area contributed by atoms with E-state index in [4.69, 9.17) is 0 Å². The van der Waals surface area contributed by atoms with Crippen LogP contribution in [0.3, 0.4) is 0 Å². The molecule has 38 valence electrons. The third-order valence-electron chi connectivity index (χ3n) is 0.676. The van der Waals surface area contributed by atoms with E-state index in [9.17, 15) is 0 Å².